The Hall–Kier alpha value is -0.770. The van der Waals surface area contributed by atoms with E-state index in [1.54, 1.807) is 7.11 Å². The van der Waals surface area contributed by atoms with Gasteiger partial charge in [0.1, 0.15) is 5.75 Å². The van der Waals surface area contributed by atoms with Crippen LogP contribution in [0.1, 0.15) is 28.3 Å². The number of methoxy groups -OCH3 is 1. The van der Waals surface area contributed by atoms with Crippen LogP contribution in [0.3, 0.4) is 0 Å². The Labute approximate surface area is 108 Å². The summed E-state index contributed by atoms with van der Waals surface area (Å²) in [5.41, 5.74) is 10.3. The number of ether oxygens (including phenoxy) is 1. The SMILES string of the molecule is CNCC(N)c1c(C)c(Cl)c(C)c(C)c1OC. The maximum absolute atomic E-state index is 6.33. The van der Waals surface area contributed by atoms with Crippen molar-refractivity contribution >= 4 is 11.6 Å². The van der Waals surface area contributed by atoms with E-state index in [1.165, 1.54) is 0 Å². The molecule has 1 aromatic rings. The van der Waals surface area contributed by atoms with E-state index in [4.69, 9.17) is 22.1 Å². The summed E-state index contributed by atoms with van der Waals surface area (Å²) in [6.45, 7) is 6.69. The minimum Gasteiger partial charge on any atom is -0.496 e. The molecule has 0 fully saturated rings. The molecule has 4 heteroatoms. The van der Waals surface area contributed by atoms with E-state index in [2.05, 4.69) is 5.32 Å². The number of halogens is 1. The molecule has 1 atom stereocenters. The molecule has 1 rings (SSSR count). The van der Waals surface area contributed by atoms with Gasteiger partial charge in [0, 0.05) is 23.2 Å². The summed E-state index contributed by atoms with van der Waals surface area (Å²) in [7, 11) is 3.55. The van der Waals surface area contributed by atoms with E-state index >= 15 is 0 Å². The van der Waals surface area contributed by atoms with Gasteiger partial charge in [0.25, 0.3) is 0 Å². The van der Waals surface area contributed by atoms with Gasteiger partial charge in [-0.15, -0.1) is 0 Å². The number of likely N-dealkylation sites (N-methyl/N-ethyl adjacent to an activating group) is 1. The zero-order chi connectivity index (χ0) is 13.2. The van der Waals surface area contributed by atoms with Crippen LogP contribution in [0.4, 0.5) is 0 Å². The van der Waals surface area contributed by atoms with Crippen molar-refractivity contribution < 1.29 is 4.74 Å². The average Bonchev–Trinajstić information content (AvgIpc) is 2.31. The average molecular weight is 257 g/mol. The fraction of sp³-hybridized carbons (Fsp3) is 0.538. The van der Waals surface area contributed by atoms with Crippen LogP contribution < -0.4 is 15.8 Å². The molecule has 0 saturated carbocycles. The second kappa shape index (κ2) is 5.71. The summed E-state index contributed by atoms with van der Waals surface area (Å²) in [5.74, 6) is 0.854. The standard InChI is InChI=1S/C13H21ClN2O/c1-7-8(2)13(17-5)11(9(3)12(7)14)10(15)6-16-4/h10,16H,6,15H2,1-5H3. The molecule has 0 aliphatic carbocycles. The minimum atomic E-state index is -0.119. The summed E-state index contributed by atoms with van der Waals surface area (Å²) in [6.07, 6.45) is 0. The highest BCUT2D eigenvalue weighted by molar-refractivity contribution is 6.32. The molecule has 17 heavy (non-hydrogen) atoms. The lowest BCUT2D eigenvalue weighted by atomic mass is 9.94. The van der Waals surface area contributed by atoms with Crippen LogP contribution in [0.2, 0.25) is 5.02 Å². The van der Waals surface area contributed by atoms with Gasteiger partial charge < -0.3 is 15.8 Å². The molecule has 3 nitrogen and oxygen atoms in total. The molecule has 96 valence electrons. The van der Waals surface area contributed by atoms with Crippen molar-refractivity contribution in [3.8, 4) is 5.75 Å². The molecule has 3 N–H and O–H groups in total. The summed E-state index contributed by atoms with van der Waals surface area (Å²) in [5, 5.41) is 3.86. The Morgan fingerprint density at radius 2 is 1.82 bits per heavy atom. The molecule has 1 aromatic carbocycles. The molecular weight excluding hydrogens is 236 g/mol. The smallest absolute Gasteiger partial charge is 0.127 e. The van der Waals surface area contributed by atoms with Crippen LogP contribution in [0.25, 0.3) is 0 Å². The van der Waals surface area contributed by atoms with Crippen molar-refractivity contribution in [2.24, 2.45) is 5.73 Å². The zero-order valence-corrected chi connectivity index (χ0v) is 11.9. The third kappa shape index (κ3) is 2.57. The van der Waals surface area contributed by atoms with Crippen LogP contribution in [0, 0.1) is 20.8 Å². The minimum absolute atomic E-state index is 0.119. The van der Waals surface area contributed by atoms with Gasteiger partial charge in [0.15, 0.2) is 0 Å². The number of benzene rings is 1. The number of nitrogens with one attached hydrogen (secondary N) is 1. The Morgan fingerprint density at radius 1 is 1.24 bits per heavy atom. The molecule has 1 unspecified atom stereocenters. The monoisotopic (exact) mass is 256 g/mol. The number of nitrogens with two attached hydrogens (primary N) is 1. The quantitative estimate of drug-likeness (QED) is 0.870. The maximum Gasteiger partial charge on any atom is 0.127 e. The van der Waals surface area contributed by atoms with E-state index in [-0.39, 0.29) is 6.04 Å². The van der Waals surface area contributed by atoms with Crippen molar-refractivity contribution in [3.05, 3.63) is 27.3 Å². The number of hydrogen-bond donors (Lipinski definition) is 2. The van der Waals surface area contributed by atoms with Crippen LogP contribution in [-0.2, 0) is 0 Å². The van der Waals surface area contributed by atoms with Gasteiger partial charge in [-0.25, -0.2) is 0 Å². The predicted octanol–water partition coefficient (Wildman–Crippen LogP) is 2.49. The first kappa shape index (κ1) is 14.3. The Kier molecular flexibility index (Phi) is 4.80. The van der Waals surface area contributed by atoms with Gasteiger partial charge >= 0.3 is 0 Å². The third-order valence-corrected chi connectivity index (χ3v) is 3.78. The first-order valence-electron chi connectivity index (χ1n) is 5.69. The van der Waals surface area contributed by atoms with Gasteiger partial charge in [-0.05, 0) is 44.5 Å². The lowest BCUT2D eigenvalue weighted by Gasteiger charge is -2.22. The second-order valence-corrected chi connectivity index (χ2v) is 4.68. The molecule has 0 spiro atoms. The molecule has 0 bridgehead atoms. The maximum atomic E-state index is 6.33. The van der Waals surface area contributed by atoms with E-state index in [0.29, 0.717) is 6.54 Å². The van der Waals surface area contributed by atoms with E-state index in [1.807, 2.05) is 27.8 Å². The normalized spacial score (nSPS) is 12.6. The van der Waals surface area contributed by atoms with Gasteiger partial charge in [-0.3, -0.25) is 0 Å². The molecule has 0 radical (unpaired) electrons. The lowest BCUT2D eigenvalue weighted by Crippen LogP contribution is -2.25. The van der Waals surface area contributed by atoms with Crippen molar-refractivity contribution in [2.75, 3.05) is 20.7 Å². The van der Waals surface area contributed by atoms with Crippen LogP contribution in [0.5, 0.6) is 5.75 Å². The Bertz CT molecular complexity index is 419. The van der Waals surface area contributed by atoms with Crippen LogP contribution in [-0.4, -0.2) is 20.7 Å². The first-order valence-corrected chi connectivity index (χ1v) is 6.06. The summed E-state index contributed by atoms with van der Waals surface area (Å²) in [6, 6.07) is -0.119. The van der Waals surface area contributed by atoms with Gasteiger partial charge in [-0.1, -0.05) is 11.6 Å². The van der Waals surface area contributed by atoms with E-state index in [9.17, 15) is 0 Å². The van der Waals surface area contributed by atoms with Gasteiger partial charge in [-0.2, -0.15) is 0 Å². The largest absolute Gasteiger partial charge is 0.496 e. The molecule has 0 aromatic heterocycles. The Morgan fingerprint density at radius 3 is 2.29 bits per heavy atom. The molecular formula is C13H21ClN2O. The summed E-state index contributed by atoms with van der Waals surface area (Å²) < 4.78 is 5.49. The van der Waals surface area contributed by atoms with E-state index in [0.717, 1.165) is 33.0 Å². The highest BCUT2D eigenvalue weighted by atomic mass is 35.5. The van der Waals surface area contributed by atoms with E-state index < -0.39 is 0 Å². The second-order valence-electron chi connectivity index (χ2n) is 4.30. The Balaban J connectivity index is 3.46. The zero-order valence-electron chi connectivity index (χ0n) is 11.1. The predicted molar refractivity (Wildman–Crippen MR) is 73.1 cm³/mol. The fourth-order valence-electron chi connectivity index (χ4n) is 2.14. The summed E-state index contributed by atoms with van der Waals surface area (Å²) in [4.78, 5) is 0. The topological polar surface area (TPSA) is 47.3 Å². The van der Waals surface area contributed by atoms with Gasteiger partial charge in [0.2, 0.25) is 0 Å². The van der Waals surface area contributed by atoms with Crippen molar-refractivity contribution in [3.63, 3.8) is 0 Å². The molecule has 0 aliphatic rings. The molecule has 0 aliphatic heterocycles. The molecule has 0 heterocycles. The number of rotatable bonds is 4. The highest BCUT2D eigenvalue weighted by Gasteiger charge is 2.21. The highest BCUT2D eigenvalue weighted by Crippen LogP contribution is 2.38. The van der Waals surface area contributed by atoms with Crippen molar-refractivity contribution in [1.29, 1.82) is 0 Å². The van der Waals surface area contributed by atoms with Crippen LogP contribution in [0.15, 0.2) is 0 Å². The third-order valence-electron chi connectivity index (χ3n) is 3.21. The fourth-order valence-corrected chi connectivity index (χ4v) is 2.38. The molecule has 0 amide bonds. The van der Waals surface area contributed by atoms with Crippen molar-refractivity contribution in [1.82, 2.24) is 5.32 Å². The van der Waals surface area contributed by atoms with Crippen LogP contribution >= 0.6 is 11.6 Å². The van der Waals surface area contributed by atoms with Gasteiger partial charge in [0.05, 0.1) is 7.11 Å². The summed E-state index contributed by atoms with van der Waals surface area (Å²) >= 11 is 6.33. The lowest BCUT2D eigenvalue weighted by molar-refractivity contribution is 0.400. The number of hydrogen-bond acceptors (Lipinski definition) is 3. The first-order chi connectivity index (χ1) is 7.95. The molecule has 0 saturated heterocycles. The van der Waals surface area contributed by atoms with Crippen molar-refractivity contribution in [2.45, 2.75) is 26.8 Å².